The highest BCUT2D eigenvalue weighted by Gasteiger charge is 2.13. The van der Waals surface area contributed by atoms with E-state index in [1.54, 1.807) is 13.2 Å². The number of methoxy groups -OCH3 is 1. The van der Waals surface area contributed by atoms with Crippen LogP contribution in [-0.2, 0) is 9.47 Å². The Morgan fingerprint density at radius 2 is 2.18 bits per heavy atom. The fourth-order valence-electron chi connectivity index (χ4n) is 1.07. The Labute approximate surface area is 114 Å². The monoisotopic (exact) mass is 297 g/mol. The summed E-state index contributed by atoms with van der Waals surface area (Å²) < 4.78 is 10.9. The molecule has 1 N–H and O–H groups in total. The molecule has 0 aliphatic heterocycles. The van der Waals surface area contributed by atoms with E-state index in [4.69, 9.17) is 32.7 Å². The van der Waals surface area contributed by atoms with Crippen LogP contribution in [0.25, 0.3) is 0 Å². The number of halogens is 2. The Balaban J connectivity index is 2.23. The van der Waals surface area contributed by atoms with E-state index in [1.165, 1.54) is 11.3 Å². The lowest BCUT2D eigenvalue weighted by molar-refractivity contribution is 0.0693. The highest BCUT2D eigenvalue weighted by Crippen LogP contribution is 2.30. The summed E-state index contributed by atoms with van der Waals surface area (Å²) in [5.41, 5.74) is 0.401. The van der Waals surface area contributed by atoms with Gasteiger partial charge < -0.3 is 14.8 Å². The molecular weight excluding hydrogens is 285 g/mol. The first-order valence-electron chi connectivity index (χ1n) is 4.95. The molecule has 0 spiro atoms. The average Bonchev–Trinajstić information content (AvgIpc) is 2.62. The summed E-state index contributed by atoms with van der Waals surface area (Å²) in [5.74, 6) is -0.242. The molecule has 7 heteroatoms. The van der Waals surface area contributed by atoms with Crippen molar-refractivity contribution in [2.24, 2.45) is 0 Å². The van der Waals surface area contributed by atoms with Crippen LogP contribution in [0.2, 0.25) is 8.67 Å². The third kappa shape index (κ3) is 5.23. The van der Waals surface area contributed by atoms with Crippen LogP contribution in [0.5, 0.6) is 0 Å². The zero-order valence-corrected chi connectivity index (χ0v) is 11.6. The Hall–Kier alpha value is -0.330. The average molecular weight is 298 g/mol. The molecule has 96 valence electrons. The summed E-state index contributed by atoms with van der Waals surface area (Å²) in [7, 11) is 1.60. The molecule has 0 atom stereocenters. The third-order valence-corrected chi connectivity index (χ3v) is 3.35. The Bertz CT molecular complexity index is 370. The molecular formula is C10H13Cl2NO3S. The third-order valence-electron chi connectivity index (χ3n) is 1.87. The fraction of sp³-hybridized carbons (Fsp3) is 0.500. The first kappa shape index (κ1) is 14.7. The number of thiophene rings is 1. The van der Waals surface area contributed by atoms with Gasteiger partial charge in [-0.3, -0.25) is 4.79 Å². The predicted octanol–water partition coefficient (Wildman–Crippen LogP) is 2.45. The lowest BCUT2D eigenvalue weighted by atomic mass is 10.3. The van der Waals surface area contributed by atoms with Crippen LogP contribution >= 0.6 is 34.5 Å². The van der Waals surface area contributed by atoms with Gasteiger partial charge in [0.25, 0.3) is 5.91 Å². The molecule has 1 aromatic rings. The van der Waals surface area contributed by atoms with Crippen LogP contribution in [0.15, 0.2) is 6.07 Å². The molecule has 17 heavy (non-hydrogen) atoms. The minimum Gasteiger partial charge on any atom is -0.382 e. The maximum Gasteiger partial charge on any atom is 0.253 e. The molecule has 1 rings (SSSR count). The molecule has 0 saturated heterocycles. The van der Waals surface area contributed by atoms with Crippen LogP contribution in [-0.4, -0.2) is 39.4 Å². The largest absolute Gasteiger partial charge is 0.382 e. The van der Waals surface area contributed by atoms with Gasteiger partial charge in [-0.1, -0.05) is 23.2 Å². The molecule has 0 aliphatic rings. The summed E-state index contributed by atoms with van der Waals surface area (Å²) in [6, 6.07) is 1.55. The van der Waals surface area contributed by atoms with E-state index in [1.807, 2.05) is 0 Å². The number of amides is 1. The Morgan fingerprint density at radius 1 is 1.41 bits per heavy atom. The van der Waals surface area contributed by atoms with Crippen molar-refractivity contribution in [3.63, 3.8) is 0 Å². The quantitative estimate of drug-likeness (QED) is 0.787. The van der Waals surface area contributed by atoms with Crippen LogP contribution < -0.4 is 5.32 Å². The van der Waals surface area contributed by atoms with Crippen molar-refractivity contribution in [2.75, 3.05) is 33.5 Å². The number of ether oxygens (including phenoxy) is 2. The minimum absolute atomic E-state index is 0.242. The van der Waals surface area contributed by atoms with Crippen molar-refractivity contribution >= 4 is 40.4 Å². The zero-order valence-electron chi connectivity index (χ0n) is 9.29. The SMILES string of the molecule is COCCOCCNC(=O)c1cc(Cl)sc1Cl. The van der Waals surface area contributed by atoms with E-state index in [9.17, 15) is 4.79 Å². The van der Waals surface area contributed by atoms with Crippen molar-refractivity contribution in [2.45, 2.75) is 0 Å². The van der Waals surface area contributed by atoms with Crippen molar-refractivity contribution in [3.8, 4) is 0 Å². The Kier molecular flexibility index (Phi) is 6.84. The van der Waals surface area contributed by atoms with Gasteiger partial charge in [0.1, 0.15) is 4.34 Å². The second-order valence-electron chi connectivity index (χ2n) is 3.10. The lowest BCUT2D eigenvalue weighted by Gasteiger charge is -2.05. The van der Waals surface area contributed by atoms with E-state index >= 15 is 0 Å². The molecule has 0 radical (unpaired) electrons. The van der Waals surface area contributed by atoms with E-state index in [0.29, 0.717) is 40.6 Å². The molecule has 0 aromatic carbocycles. The normalized spacial score (nSPS) is 10.5. The van der Waals surface area contributed by atoms with Gasteiger partial charge in [0.2, 0.25) is 0 Å². The van der Waals surface area contributed by atoms with Gasteiger partial charge in [-0.2, -0.15) is 0 Å². The summed E-state index contributed by atoms with van der Waals surface area (Å²) in [4.78, 5) is 11.6. The van der Waals surface area contributed by atoms with E-state index in [0.717, 1.165) is 0 Å². The predicted molar refractivity (Wildman–Crippen MR) is 69.4 cm³/mol. The molecule has 4 nitrogen and oxygen atoms in total. The van der Waals surface area contributed by atoms with Gasteiger partial charge in [-0.25, -0.2) is 0 Å². The summed E-state index contributed by atoms with van der Waals surface area (Å²) >= 11 is 12.8. The number of hydrogen-bond donors (Lipinski definition) is 1. The summed E-state index contributed by atoms with van der Waals surface area (Å²) in [6.07, 6.45) is 0. The van der Waals surface area contributed by atoms with Crippen LogP contribution in [0, 0.1) is 0 Å². The van der Waals surface area contributed by atoms with E-state index < -0.39 is 0 Å². The highest BCUT2D eigenvalue weighted by atomic mass is 35.5. The first-order chi connectivity index (χ1) is 8.15. The number of rotatable bonds is 7. The van der Waals surface area contributed by atoms with Crippen molar-refractivity contribution in [1.29, 1.82) is 0 Å². The molecule has 1 heterocycles. The zero-order chi connectivity index (χ0) is 12.7. The Morgan fingerprint density at radius 3 is 2.76 bits per heavy atom. The summed E-state index contributed by atoms with van der Waals surface area (Å²) in [6.45, 7) is 1.91. The van der Waals surface area contributed by atoms with E-state index in [2.05, 4.69) is 5.32 Å². The second-order valence-corrected chi connectivity index (χ2v) is 5.38. The van der Waals surface area contributed by atoms with E-state index in [-0.39, 0.29) is 5.91 Å². The van der Waals surface area contributed by atoms with Crippen LogP contribution in [0.1, 0.15) is 10.4 Å². The van der Waals surface area contributed by atoms with Crippen LogP contribution in [0.3, 0.4) is 0 Å². The standard InChI is InChI=1S/C10H13Cl2NO3S/c1-15-4-5-16-3-2-13-10(14)7-6-8(11)17-9(7)12/h6H,2-5H2,1H3,(H,13,14). The molecule has 1 amide bonds. The topological polar surface area (TPSA) is 47.6 Å². The number of carbonyl (C=O) groups is 1. The minimum atomic E-state index is -0.242. The highest BCUT2D eigenvalue weighted by molar-refractivity contribution is 7.20. The van der Waals surface area contributed by atoms with Crippen molar-refractivity contribution < 1.29 is 14.3 Å². The molecule has 1 aromatic heterocycles. The van der Waals surface area contributed by atoms with Gasteiger partial charge in [0, 0.05) is 13.7 Å². The molecule has 0 aliphatic carbocycles. The van der Waals surface area contributed by atoms with Gasteiger partial charge in [0.05, 0.1) is 29.7 Å². The molecule has 0 fully saturated rings. The molecule has 0 saturated carbocycles. The molecule has 0 unspecified atom stereocenters. The second kappa shape index (κ2) is 7.89. The maximum absolute atomic E-state index is 11.6. The van der Waals surface area contributed by atoms with Gasteiger partial charge >= 0.3 is 0 Å². The molecule has 0 bridgehead atoms. The van der Waals surface area contributed by atoms with Crippen molar-refractivity contribution in [1.82, 2.24) is 5.32 Å². The summed E-state index contributed by atoms with van der Waals surface area (Å²) in [5, 5.41) is 2.69. The first-order valence-corrected chi connectivity index (χ1v) is 6.52. The maximum atomic E-state index is 11.6. The number of carbonyl (C=O) groups excluding carboxylic acids is 1. The smallest absolute Gasteiger partial charge is 0.253 e. The van der Waals surface area contributed by atoms with Gasteiger partial charge in [-0.15, -0.1) is 11.3 Å². The van der Waals surface area contributed by atoms with Crippen LogP contribution in [0.4, 0.5) is 0 Å². The fourth-order valence-corrected chi connectivity index (χ4v) is 2.53. The van der Waals surface area contributed by atoms with Gasteiger partial charge in [0.15, 0.2) is 0 Å². The van der Waals surface area contributed by atoms with Crippen molar-refractivity contribution in [3.05, 3.63) is 20.3 Å². The number of nitrogens with one attached hydrogen (secondary N) is 1. The lowest BCUT2D eigenvalue weighted by Crippen LogP contribution is -2.27. The number of hydrogen-bond acceptors (Lipinski definition) is 4. The van der Waals surface area contributed by atoms with Gasteiger partial charge in [-0.05, 0) is 6.07 Å².